The fraction of sp³-hybridized carbons (Fsp3) is 0.0769. The van der Waals surface area contributed by atoms with E-state index in [2.05, 4.69) is 15.1 Å². The molecule has 8 heteroatoms. The summed E-state index contributed by atoms with van der Waals surface area (Å²) in [4.78, 5) is 29.6. The van der Waals surface area contributed by atoms with Crippen LogP contribution >= 0.6 is 11.3 Å². The van der Waals surface area contributed by atoms with Crippen LogP contribution in [-0.2, 0) is 9.63 Å². The van der Waals surface area contributed by atoms with Gasteiger partial charge in [0.2, 0.25) is 16.8 Å². The van der Waals surface area contributed by atoms with Gasteiger partial charge in [-0.25, -0.2) is 4.79 Å². The summed E-state index contributed by atoms with van der Waals surface area (Å²) in [7, 11) is 0. The highest BCUT2D eigenvalue weighted by molar-refractivity contribution is 7.10. The molecular formula is C13H10N3O4S+. The molecular weight excluding hydrogens is 294 g/mol. The van der Waals surface area contributed by atoms with E-state index in [-0.39, 0.29) is 16.5 Å². The first-order valence-electron chi connectivity index (χ1n) is 5.97. The van der Waals surface area contributed by atoms with Gasteiger partial charge in [-0.2, -0.15) is 0 Å². The van der Waals surface area contributed by atoms with Crippen molar-refractivity contribution in [1.29, 1.82) is 0 Å². The molecule has 0 saturated heterocycles. The van der Waals surface area contributed by atoms with E-state index in [1.54, 1.807) is 12.1 Å². The zero-order chi connectivity index (χ0) is 15.0. The van der Waals surface area contributed by atoms with Gasteiger partial charge in [0, 0.05) is 18.2 Å². The standard InChI is InChI=1S/C13H9N3O4S/c1-7-2-4-8(5-3-7)16-9(12(18)20-15-16)6-10-11(17)14-13(19)21-10/h2-6H,1H3,(H-,14,15,17,18,19)/p+1. The number of rotatable bonds is 2. The van der Waals surface area contributed by atoms with Crippen molar-refractivity contribution >= 4 is 29.1 Å². The average Bonchev–Trinajstić information content (AvgIpc) is 2.95. The maximum atomic E-state index is 11.8. The Labute approximate surface area is 122 Å². The summed E-state index contributed by atoms with van der Waals surface area (Å²) in [6, 6.07) is 7.32. The topological polar surface area (TPSA) is 94.8 Å². The molecule has 0 amide bonds. The summed E-state index contributed by atoms with van der Waals surface area (Å²) in [5, 5.41) is 13.3. The molecule has 0 fully saturated rings. The second-order valence-electron chi connectivity index (χ2n) is 4.36. The molecule has 0 unspecified atom stereocenters. The first-order chi connectivity index (χ1) is 10.0. The van der Waals surface area contributed by atoms with Crippen molar-refractivity contribution in [2.24, 2.45) is 5.28 Å². The number of benzene rings is 1. The maximum Gasteiger partial charge on any atom is 0.437 e. The van der Waals surface area contributed by atoms with Crippen LogP contribution in [0.1, 0.15) is 10.4 Å². The Morgan fingerprint density at radius 1 is 1.33 bits per heavy atom. The van der Waals surface area contributed by atoms with E-state index in [4.69, 9.17) is 0 Å². The lowest BCUT2D eigenvalue weighted by Gasteiger charge is -1.94. The lowest BCUT2D eigenvalue weighted by molar-refractivity contribution is -0.462. The van der Waals surface area contributed by atoms with E-state index in [1.807, 2.05) is 19.1 Å². The van der Waals surface area contributed by atoms with Gasteiger partial charge in [-0.05, 0) is 11.6 Å². The Morgan fingerprint density at radius 2 is 2.05 bits per heavy atom. The summed E-state index contributed by atoms with van der Waals surface area (Å²) in [6.45, 7) is 1.94. The van der Waals surface area contributed by atoms with Crippen LogP contribution in [0, 0.1) is 6.92 Å². The summed E-state index contributed by atoms with van der Waals surface area (Å²) in [5.74, 6) is -0.947. The second-order valence-corrected chi connectivity index (χ2v) is 5.38. The number of hydrogen-bond donors (Lipinski definition) is 2. The normalized spacial score (nSPS) is 16.1. The molecule has 106 valence electrons. The van der Waals surface area contributed by atoms with Crippen molar-refractivity contribution in [1.82, 2.24) is 4.98 Å². The van der Waals surface area contributed by atoms with E-state index in [0.717, 1.165) is 16.9 Å². The number of nitrogens with zero attached hydrogens (tertiary/aromatic N) is 2. The third-order valence-electron chi connectivity index (χ3n) is 2.85. The smallest absolute Gasteiger partial charge is 0.437 e. The number of aromatic nitrogens is 1. The molecule has 0 bridgehead atoms. The molecule has 0 saturated carbocycles. The Hall–Kier alpha value is -2.74. The molecule has 0 radical (unpaired) electrons. The zero-order valence-electron chi connectivity index (χ0n) is 10.9. The van der Waals surface area contributed by atoms with Crippen molar-refractivity contribution in [3.8, 4) is 5.88 Å². The molecule has 1 aliphatic rings. The van der Waals surface area contributed by atoms with Crippen molar-refractivity contribution in [3.63, 3.8) is 0 Å². The van der Waals surface area contributed by atoms with Gasteiger partial charge >= 0.3 is 16.5 Å². The minimum Gasteiger partial charge on any atom is -0.493 e. The number of aromatic hydroxyl groups is 1. The molecule has 1 aromatic carbocycles. The third-order valence-corrected chi connectivity index (χ3v) is 3.66. The summed E-state index contributed by atoms with van der Waals surface area (Å²) in [5.41, 5.74) is 1.82. The van der Waals surface area contributed by atoms with Crippen molar-refractivity contribution in [2.75, 3.05) is 0 Å². The Kier molecular flexibility index (Phi) is 3.15. The van der Waals surface area contributed by atoms with Gasteiger partial charge in [-0.1, -0.05) is 29.0 Å². The van der Waals surface area contributed by atoms with Crippen molar-refractivity contribution < 1.29 is 19.4 Å². The van der Waals surface area contributed by atoms with E-state index < -0.39 is 10.8 Å². The van der Waals surface area contributed by atoms with Gasteiger partial charge in [0.15, 0.2) is 0 Å². The molecule has 2 N–H and O–H groups in total. The van der Waals surface area contributed by atoms with Crippen LogP contribution in [0.2, 0.25) is 0 Å². The lowest BCUT2D eigenvalue weighted by Crippen LogP contribution is -2.05. The number of carbonyl (C=O) groups excluding carboxylic acids is 1. The van der Waals surface area contributed by atoms with Crippen LogP contribution in [0.4, 0.5) is 5.69 Å². The van der Waals surface area contributed by atoms with Gasteiger partial charge in [0.05, 0.1) is 4.88 Å². The summed E-state index contributed by atoms with van der Waals surface area (Å²) < 4.78 is 1.31. The van der Waals surface area contributed by atoms with E-state index in [1.165, 1.54) is 10.8 Å². The predicted octanol–water partition coefficient (Wildman–Crippen LogP) is 2.06. The van der Waals surface area contributed by atoms with Crippen LogP contribution in [0.5, 0.6) is 5.88 Å². The molecule has 0 atom stereocenters. The van der Waals surface area contributed by atoms with E-state index >= 15 is 0 Å². The third kappa shape index (κ3) is 2.48. The van der Waals surface area contributed by atoms with E-state index in [9.17, 15) is 14.7 Å². The van der Waals surface area contributed by atoms with E-state index in [0.29, 0.717) is 5.69 Å². The monoisotopic (exact) mass is 304 g/mol. The number of hydrogen-bond acceptors (Lipinski definition) is 6. The van der Waals surface area contributed by atoms with Gasteiger partial charge in [0.1, 0.15) is 0 Å². The summed E-state index contributed by atoms with van der Waals surface area (Å²) >= 11 is 0.789. The molecule has 3 rings (SSSR count). The zero-order valence-corrected chi connectivity index (χ0v) is 11.7. The van der Waals surface area contributed by atoms with Crippen LogP contribution in [0.15, 0.2) is 40.0 Å². The van der Waals surface area contributed by atoms with Gasteiger partial charge in [0.25, 0.3) is 0 Å². The van der Waals surface area contributed by atoms with Crippen LogP contribution in [-0.4, -0.2) is 20.8 Å². The molecule has 0 spiro atoms. The Bertz CT molecular complexity index is 830. The van der Waals surface area contributed by atoms with Gasteiger partial charge < -0.3 is 5.11 Å². The predicted molar refractivity (Wildman–Crippen MR) is 74.2 cm³/mol. The molecule has 7 nitrogen and oxygen atoms in total. The first kappa shape index (κ1) is 13.3. The molecule has 2 heterocycles. The summed E-state index contributed by atoms with van der Waals surface area (Å²) in [6.07, 6.45) is 1.36. The molecule has 1 aliphatic heterocycles. The largest absolute Gasteiger partial charge is 0.493 e. The SMILES string of the molecule is Cc1ccc([N+]2=NOC(=O)/C2=C\c2sc(=O)[nH]c2O)cc1. The van der Waals surface area contributed by atoms with Crippen LogP contribution < -0.4 is 4.87 Å². The average molecular weight is 304 g/mol. The van der Waals surface area contributed by atoms with Crippen LogP contribution in [0.25, 0.3) is 6.08 Å². The minimum atomic E-state index is -0.657. The highest BCUT2D eigenvalue weighted by atomic mass is 32.1. The highest BCUT2D eigenvalue weighted by Crippen LogP contribution is 2.27. The van der Waals surface area contributed by atoms with Gasteiger partial charge in [-0.3, -0.25) is 14.6 Å². The fourth-order valence-corrected chi connectivity index (χ4v) is 2.47. The van der Waals surface area contributed by atoms with Crippen molar-refractivity contribution in [2.45, 2.75) is 6.92 Å². The number of thiazole rings is 1. The number of nitrogens with one attached hydrogen (secondary N) is 1. The lowest BCUT2D eigenvalue weighted by atomic mass is 10.2. The molecule has 21 heavy (non-hydrogen) atoms. The highest BCUT2D eigenvalue weighted by Gasteiger charge is 2.37. The number of carbonyl (C=O) groups is 1. The quantitative estimate of drug-likeness (QED) is 0.656. The Morgan fingerprint density at radius 3 is 2.67 bits per heavy atom. The fourth-order valence-electron chi connectivity index (χ4n) is 1.80. The number of aryl methyl sites for hydroxylation is 1. The number of aromatic amines is 1. The Balaban J connectivity index is 2.05. The second kappa shape index (κ2) is 4.98. The van der Waals surface area contributed by atoms with Crippen molar-refractivity contribution in [3.05, 3.63) is 50.1 Å². The molecule has 1 aromatic heterocycles. The van der Waals surface area contributed by atoms with Gasteiger partial charge in [-0.15, -0.1) is 0 Å². The number of H-pyrrole nitrogens is 1. The first-order valence-corrected chi connectivity index (χ1v) is 6.79. The molecule has 2 aromatic rings. The maximum absolute atomic E-state index is 11.8. The van der Waals surface area contributed by atoms with Crippen LogP contribution in [0.3, 0.4) is 0 Å². The molecule has 0 aliphatic carbocycles. The minimum absolute atomic E-state index is 0.115.